The number of nitrogens with zero attached hydrogens (tertiary/aromatic N) is 2. The van der Waals surface area contributed by atoms with Crippen molar-refractivity contribution >= 4 is 52.2 Å². The molecule has 0 aromatic heterocycles. The lowest BCUT2D eigenvalue weighted by atomic mass is 10.0. The smallest absolute Gasteiger partial charge is 0.287 e. The monoisotopic (exact) mass is 554 g/mol. The highest BCUT2D eigenvalue weighted by atomic mass is 35.5. The maximum absolute atomic E-state index is 13.3. The van der Waals surface area contributed by atoms with E-state index in [1.807, 2.05) is 60.7 Å². The molecule has 0 unspecified atom stereocenters. The molecule has 0 fully saturated rings. The van der Waals surface area contributed by atoms with Crippen LogP contribution in [0, 0.1) is 0 Å². The fourth-order valence-corrected chi connectivity index (χ4v) is 4.55. The van der Waals surface area contributed by atoms with Gasteiger partial charge in [0, 0.05) is 24.3 Å². The lowest BCUT2D eigenvalue weighted by Gasteiger charge is -2.21. The zero-order valence-corrected chi connectivity index (χ0v) is 23.4. The summed E-state index contributed by atoms with van der Waals surface area (Å²) in [4.78, 5) is 28.6. The second-order valence-corrected chi connectivity index (χ2v) is 9.26. The van der Waals surface area contributed by atoms with Crippen LogP contribution in [0.3, 0.4) is 0 Å². The Balaban J connectivity index is 1.62. The molecule has 0 aliphatic rings. The molecule has 4 rings (SSSR count). The van der Waals surface area contributed by atoms with E-state index in [0.29, 0.717) is 5.75 Å². The van der Waals surface area contributed by atoms with Gasteiger partial charge in [-0.3, -0.25) is 9.59 Å². The van der Waals surface area contributed by atoms with Gasteiger partial charge in [0.15, 0.2) is 0 Å². The van der Waals surface area contributed by atoms with Crippen molar-refractivity contribution in [3.8, 4) is 5.75 Å². The Morgan fingerprint density at radius 3 is 2.33 bits per heavy atom. The number of amides is 2. The van der Waals surface area contributed by atoms with E-state index in [1.54, 1.807) is 37.5 Å². The molecule has 2 amide bonds. The molecule has 0 radical (unpaired) electrons. The third kappa shape index (κ3) is 6.68. The minimum absolute atomic E-state index is 0.0162. The zero-order chi connectivity index (χ0) is 28.5. The number of anilines is 1. The molecular weight excluding hydrogens is 524 g/mol. The number of halogens is 1. The molecule has 0 aliphatic heterocycles. The molecule has 40 heavy (non-hydrogen) atoms. The van der Waals surface area contributed by atoms with Crippen LogP contribution in [0.2, 0.25) is 5.02 Å². The van der Waals surface area contributed by atoms with Crippen molar-refractivity contribution in [3.05, 3.63) is 112 Å². The third-order valence-corrected chi connectivity index (χ3v) is 6.78. The van der Waals surface area contributed by atoms with Gasteiger partial charge in [-0.15, -0.1) is 0 Å². The van der Waals surface area contributed by atoms with Crippen LogP contribution < -0.4 is 20.4 Å². The SMILES string of the molecule is CCN(CC)c1ccc(/C=C(/NC(=O)c2ccccc2Cl)C(=O)N/N=C\c2c(OC)ccc3ccccc23)cc1. The Morgan fingerprint density at radius 2 is 1.62 bits per heavy atom. The van der Waals surface area contributed by atoms with Crippen LogP contribution in [0.1, 0.15) is 35.3 Å². The first-order chi connectivity index (χ1) is 19.4. The highest BCUT2D eigenvalue weighted by Crippen LogP contribution is 2.26. The lowest BCUT2D eigenvalue weighted by Crippen LogP contribution is -2.33. The Kier molecular flexibility index (Phi) is 9.54. The minimum Gasteiger partial charge on any atom is -0.496 e. The molecule has 8 heteroatoms. The van der Waals surface area contributed by atoms with E-state index in [1.165, 1.54) is 6.21 Å². The van der Waals surface area contributed by atoms with Crippen LogP contribution in [-0.4, -0.2) is 38.2 Å². The van der Waals surface area contributed by atoms with Crippen LogP contribution in [0.15, 0.2) is 95.7 Å². The van der Waals surface area contributed by atoms with Crippen molar-refractivity contribution in [3.63, 3.8) is 0 Å². The summed E-state index contributed by atoms with van der Waals surface area (Å²) >= 11 is 6.22. The summed E-state index contributed by atoms with van der Waals surface area (Å²) in [5.41, 5.74) is 5.34. The van der Waals surface area contributed by atoms with Crippen molar-refractivity contribution in [1.82, 2.24) is 10.7 Å². The van der Waals surface area contributed by atoms with Crippen molar-refractivity contribution in [1.29, 1.82) is 0 Å². The number of carbonyl (C=O) groups excluding carboxylic acids is 2. The van der Waals surface area contributed by atoms with Crippen LogP contribution in [0.4, 0.5) is 5.69 Å². The molecule has 0 heterocycles. The van der Waals surface area contributed by atoms with Crippen LogP contribution in [-0.2, 0) is 4.79 Å². The van der Waals surface area contributed by atoms with Gasteiger partial charge in [0.2, 0.25) is 0 Å². The first-order valence-corrected chi connectivity index (χ1v) is 13.3. The number of ether oxygens (including phenoxy) is 1. The van der Waals surface area contributed by atoms with Gasteiger partial charge < -0.3 is 15.0 Å². The molecule has 4 aromatic rings. The average Bonchev–Trinajstić information content (AvgIpc) is 2.98. The van der Waals surface area contributed by atoms with Gasteiger partial charge in [0.05, 0.1) is 23.9 Å². The Morgan fingerprint density at radius 1 is 0.925 bits per heavy atom. The van der Waals surface area contributed by atoms with Gasteiger partial charge in [0.1, 0.15) is 11.4 Å². The molecule has 2 N–H and O–H groups in total. The van der Waals surface area contributed by atoms with Gasteiger partial charge in [0.25, 0.3) is 11.8 Å². The van der Waals surface area contributed by atoms with Crippen molar-refractivity contribution in [2.75, 3.05) is 25.1 Å². The van der Waals surface area contributed by atoms with Crippen LogP contribution in [0.5, 0.6) is 5.75 Å². The zero-order valence-electron chi connectivity index (χ0n) is 22.6. The van der Waals surface area contributed by atoms with Crippen LogP contribution in [0.25, 0.3) is 16.8 Å². The second kappa shape index (κ2) is 13.4. The van der Waals surface area contributed by atoms with Crippen molar-refractivity contribution in [2.45, 2.75) is 13.8 Å². The van der Waals surface area contributed by atoms with Gasteiger partial charge in [-0.2, -0.15) is 5.10 Å². The van der Waals surface area contributed by atoms with Crippen molar-refractivity contribution < 1.29 is 14.3 Å². The average molecular weight is 555 g/mol. The Hall–Kier alpha value is -4.62. The standard InChI is InChI=1S/C32H31ClN4O3/c1-4-37(5-2)24-17-14-22(15-18-24)20-29(35-31(38)26-12-8-9-13-28(26)33)32(39)36-34-21-27-25-11-7-6-10-23(25)16-19-30(27)40-3/h6-21H,4-5H2,1-3H3,(H,35,38)(H,36,39)/b29-20+,34-21-. The summed E-state index contributed by atoms with van der Waals surface area (Å²) in [6.45, 7) is 5.95. The third-order valence-electron chi connectivity index (χ3n) is 6.45. The van der Waals surface area contributed by atoms with Gasteiger partial charge in [-0.25, -0.2) is 5.43 Å². The van der Waals surface area contributed by atoms with Gasteiger partial charge in [-0.1, -0.05) is 66.2 Å². The van der Waals surface area contributed by atoms with Gasteiger partial charge >= 0.3 is 0 Å². The predicted molar refractivity (Wildman–Crippen MR) is 163 cm³/mol. The minimum atomic E-state index is -0.594. The topological polar surface area (TPSA) is 83.0 Å². The Labute approximate surface area is 239 Å². The first kappa shape index (κ1) is 28.4. The first-order valence-electron chi connectivity index (χ1n) is 13.0. The van der Waals surface area contributed by atoms with E-state index in [9.17, 15) is 9.59 Å². The van der Waals surface area contributed by atoms with E-state index >= 15 is 0 Å². The molecule has 204 valence electrons. The number of rotatable bonds is 10. The molecular formula is C32H31ClN4O3. The molecule has 0 saturated carbocycles. The van der Waals surface area contributed by atoms with Crippen LogP contribution >= 0.6 is 11.6 Å². The van der Waals surface area contributed by atoms with E-state index < -0.39 is 11.8 Å². The van der Waals surface area contributed by atoms with E-state index in [2.05, 4.69) is 34.6 Å². The van der Waals surface area contributed by atoms with E-state index in [0.717, 1.165) is 40.7 Å². The molecule has 0 aliphatic carbocycles. The number of carbonyl (C=O) groups is 2. The number of benzene rings is 4. The number of hydrogen-bond donors (Lipinski definition) is 2. The number of nitrogens with one attached hydrogen (secondary N) is 2. The van der Waals surface area contributed by atoms with E-state index in [4.69, 9.17) is 16.3 Å². The maximum Gasteiger partial charge on any atom is 0.287 e. The number of methoxy groups -OCH3 is 1. The van der Waals surface area contributed by atoms with Gasteiger partial charge in [-0.05, 0) is 66.6 Å². The lowest BCUT2D eigenvalue weighted by molar-refractivity contribution is -0.117. The summed E-state index contributed by atoms with van der Waals surface area (Å²) in [6.07, 6.45) is 3.13. The van der Waals surface area contributed by atoms with Crippen molar-refractivity contribution in [2.24, 2.45) is 5.10 Å². The molecule has 0 atom stereocenters. The molecule has 0 saturated heterocycles. The molecule has 7 nitrogen and oxygen atoms in total. The fourth-order valence-electron chi connectivity index (χ4n) is 4.33. The van der Waals surface area contributed by atoms with E-state index in [-0.39, 0.29) is 16.3 Å². The summed E-state index contributed by atoms with van der Waals surface area (Å²) in [5, 5.41) is 9.11. The number of hydrogen-bond acceptors (Lipinski definition) is 5. The summed E-state index contributed by atoms with van der Waals surface area (Å²) < 4.78 is 5.50. The number of hydrazone groups is 1. The quantitative estimate of drug-likeness (QED) is 0.137. The Bertz CT molecular complexity index is 1560. The largest absolute Gasteiger partial charge is 0.496 e. The molecule has 4 aromatic carbocycles. The summed E-state index contributed by atoms with van der Waals surface area (Å²) in [5.74, 6) is -0.483. The maximum atomic E-state index is 13.3. The number of fused-ring (bicyclic) bond motifs is 1. The predicted octanol–water partition coefficient (Wildman–Crippen LogP) is 6.27. The molecule has 0 bridgehead atoms. The highest BCUT2D eigenvalue weighted by molar-refractivity contribution is 6.34. The second-order valence-electron chi connectivity index (χ2n) is 8.86. The fraction of sp³-hybridized carbons (Fsp3) is 0.156. The summed E-state index contributed by atoms with van der Waals surface area (Å²) in [6, 6.07) is 26.0. The molecule has 0 spiro atoms. The highest BCUT2D eigenvalue weighted by Gasteiger charge is 2.17. The normalized spacial score (nSPS) is 11.4. The summed E-state index contributed by atoms with van der Waals surface area (Å²) in [7, 11) is 1.58.